The number of hydrogen-bond donors (Lipinski definition) is 1. The minimum Gasteiger partial charge on any atom is -0.478 e. The van der Waals surface area contributed by atoms with E-state index in [-0.39, 0.29) is 37.2 Å². The summed E-state index contributed by atoms with van der Waals surface area (Å²) >= 11 is 0. The highest BCUT2D eigenvalue weighted by Gasteiger charge is 2.43. The van der Waals surface area contributed by atoms with Crippen molar-refractivity contribution in [2.24, 2.45) is 5.18 Å². The van der Waals surface area contributed by atoms with E-state index in [1.54, 1.807) is 0 Å². The Morgan fingerprint density at radius 2 is 1.57 bits per heavy atom. The molecule has 0 spiro atoms. The summed E-state index contributed by atoms with van der Waals surface area (Å²) in [6, 6.07) is 0. The summed E-state index contributed by atoms with van der Waals surface area (Å²) in [5.41, 5.74) is -1.79. The fourth-order valence-electron chi connectivity index (χ4n) is 2.34. The summed E-state index contributed by atoms with van der Waals surface area (Å²) in [4.78, 5) is 45.1. The molecule has 1 saturated heterocycles. The summed E-state index contributed by atoms with van der Waals surface area (Å²) in [6.07, 6.45) is 0.170. The third-order valence-electron chi connectivity index (χ3n) is 3.43. The molecule has 0 atom stereocenters. The van der Waals surface area contributed by atoms with Gasteiger partial charge in [-0.15, -0.1) is 4.91 Å². The minimum absolute atomic E-state index is 0.0180. The van der Waals surface area contributed by atoms with Crippen molar-refractivity contribution in [2.45, 2.75) is 32.2 Å². The number of nitroso groups, excluding NO2 is 1. The Labute approximate surface area is 132 Å². The van der Waals surface area contributed by atoms with Crippen LogP contribution in [0.3, 0.4) is 0 Å². The molecule has 1 heterocycles. The molecule has 1 N–H and O–H groups in total. The molecular weight excluding hydrogens is 310 g/mol. The number of ether oxygens (including phenoxy) is 3. The highest BCUT2D eigenvalue weighted by atomic mass is 16.5. The summed E-state index contributed by atoms with van der Waals surface area (Å²) in [6.45, 7) is 1.87. The summed E-state index contributed by atoms with van der Waals surface area (Å²) in [7, 11) is 0. The van der Waals surface area contributed by atoms with Gasteiger partial charge in [0, 0.05) is 45.5 Å². The molecule has 9 heteroatoms. The monoisotopic (exact) mass is 329 g/mol. The number of carbonyl (C=O) groups is 3. The van der Waals surface area contributed by atoms with Crippen LogP contribution in [0.5, 0.6) is 0 Å². The molecule has 0 bridgehead atoms. The van der Waals surface area contributed by atoms with Gasteiger partial charge in [0.25, 0.3) is 0 Å². The molecule has 0 aromatic carbocycles. The quantitative estimate of drug-likeness (QED) is 0.413. The number of carboxylic acids is 1. The Bertz CT molecular complexity index is 499. The molecule has 0 aromatic heterocycles. The fraction of sp³-hybridized carbons (Fsp3) is 0.643. The highest BCUT2D eigenvalue weighted by Crippen LogP contribution is 2.35. The lowest BCUT2D eigenvalue weighted by molar-refractivity contribution is -0.142. The second-order valence-corrected chi connectivity index (χ2v) is 5.08. The molecule has 1 rings (SSSR count). The predicted octanol–water partition coefficient (Wildman–Crippen LogP) is 0.809. The van der Waals surface area contributed by atoms with E-state index in [2.05, 4.69) is 5.18 Å². The fourth-order valence-corrected chi connectivity index (χ4v) is 2.34. The van der Waals surface area contributed by atoms with Crippen LogP contribution in [-0.2, 0) is 28.6 Å². The Kier molecular flexibility index (Phi) is 6.83. The first-order chi connectivity index (χ1) is 10.8. The second kappa shape index (κ2) is 8.37. The summed E-state index contributed by atoms with van der Waals surface area (Å²) < 4.78 is 14.8. The van der Waals surface area contributed by atoms with Crippen LogP contribution in [0.25, 0.3) is 0 Å². The third kappa shape index (κ3) is 5.13. The van der Waals surface area contributed by atoms with E-state index in [4.69, 9.17) is 14.2 Å². The zero-order valence-corrected chi connectivity index (χ0v) is 13.0. The number of aliphatic carboxylic acids is 1. The minimum atomic E-state index is -1.50. The zero-order valence-electron chi connectivity index (χ0n) is 13.0. The lowest BCUT2D eigenvalue weighted by Crippen LogP contribution is -2.40. The van der Waals surface area contributed by atoms with Crippen molar-refractivity contribution in [3.05, 3.63) is 16.1 Å². The van der Waals surface area contributed by atoms with Crippen molar-refractivity contribution in [3.63, 3.8) is 0 Å². The van der Waals surface area contributed by atoms with Crippen molar-refractivity contribution in [2.75, 3.05) is 26.4 Å². The van der Waals surface area contributed by atoms with E-state index < -0.39 is 36.7 Å². The maximum Gasteiger partial charge on any atom is 0.334 e. The van der Waals surface area contributed by atoms with E-state index >= 15 is 0 Å². The Morgan fingerprint density at radius 1 is 1.09 bits per heavy atom. The molecule has 0 amide bonds. The molecule has 0 saturated carbocycles. The molecule has 9 nitrogen and oxygen atoms in total. The predicted molar refractivity (Wildman–Crippen MR) is 76.5 cm³/mol. The second-order valence-electron chi connectivity index (χ2n) is 5.08. The van der Waals surface area contributed by atoms with Gasteiger partial charge in [-0.05, 0) is 0 Å². The van der Waals surface area contributed by atoms with Crippen molar-refractivity contribution < 1.29 is 33.7 Å². The number of hydrogen-bond acceptors (Lipinski definition) is 8. The van der Waals surface area contributed by atoms with Gasteiger partial charge in [0.1, 0.15) is 18.8 Å². The van der Waals surface area contributed by atoms with Crippen molar-refractivity contribution >= 4 is 17.9 Å². The van der Waals surface area contributed by atoms with Crippen LogP contribution in [0.2, 0.25) is 0 Å². The van der Waals surface area contributed by atoms with E-state index in [1.807, 2.05) is 0 Å². The lowest BCUT2D eigenvalue weighted by atomic mass is 9.80. The average molecular weight is 329 g/mol. The normalized spacial score (nSPS) is 16.1. The molecule has 0 radical (unpaired) electrons. The Morgan fingerprint density at radius 3 is 1.91 bits per heavy atom. The molecule has 1 fully saturated rings. The van der Waals surface area contributed by atoms with Crippen LogP contribution in [0.15, 0.2) is 16.3 Å². The van der Waals surface area contributed by atoms with Gasteiger partial charge in [0.2, 0.25) is 0 Å². The van der Waals surface area contributed by atoms with E-state index in [1.165, 1.54) is 0 Å². The molecule has 23 heavy (non-hydrogen) atoms. The molecule has 1 aliphatic heterocycles. The molecule has 0 aromatic rings. The van der Waals surface area contributed by atoms with Crippen LogP contribution in [-0.4, -0.2) is 55.0 Å². The van der Waals surface area contributed by atoms with Gasteiger partial charge in [-0.1, -0.05) is 5.18 Å². The third-order valence-corrected chi connectivity index (χ3v) is 3.43. The van der Waals surface area contributed by atoms with E-state index in [9.17, 15) is 24.4 Å². The van der Waals surface area contributed by atoms with Crippen molar-refractivity contribution in [3.8, 4) is 0 Å². The average Bonchev–Trinajstić information content (AvgIpc) is 2.50. The van der Waals surface area contributed by atoms with Crippen LogP contribution in [0, 0.1) is 4.91 Å². The maximum atomic E-state index is 11.7. The summed E-state index contributed by atoms with van der Waals surface area (Å²) in [5.74, 6) is -2.63. The Hall–Kier alpha value is -2.29. The first kappa shape index (κ1) is 18.8. The van der Waals surface area contributed by atoms with Gasteiger partial charge in [-0.2, -0.15) is 0 Å². The number of carbonyl (C=O) groups excluding carboxylic acids is 2. The van der Waals surface area contributed by atoms with Gasteiger partial charge >= 0.3 is 17.9 Å². The number of rotatable bonds is 7. The van der Waals surface area contributed by atoms with E-state index in [0.717, 1.165) is 13.8 Å². The van der Waals surface area contributed by atoms with Gasteiger partial charge in [-0.3, -0.25) is 9.59 Å². The van der Waals surface area contributed by atoms with Gasteiger partial charge < -0.3 is 19.3 Å². The van der Waals surface area contributed by atoms with Crippen LogP contribution < -0.4 is 0 Å². The highest BCUT2D eigenvalue weighted by molar-refractivity contribution is 5.90. The van der Waals surface area contributed by atoms with Gasteiger partial charge in [0.05, 0.1) is 5.57 Å². The molecule has 128 valence electrons. The standard InChI is InChI=1S/C14H19NO8/c1-9(16)22-7-11(8-23-10(2)17)12(13(18)19)14(15-20)3-5-21-6-4-14/h3-8H2,1-2H3,(H,18,19). The van der Waals surface area contributed by atoms with Crippen molar-refractivity contribution in [1.29, 1.82) is 0 Å². The molecule has 0 unspecified atom stereocenters. The molecular formula is C14H19NO8. The smallest absolute Gasteiger partial charge is 0.334 e. The maximum absolute atomic E-state index is 11.7. The van der Waals surface area contributed by atoms with Gasteiger partial charge in [-0.25, -0.2) is 4.79 Å². The van der Waals surface area contributed by atoms with Crippen LogP contribution in [0.1, 0.15) is 26.7 Å². The zero-order chi connectivity index (χ0) is 17.5. The number of nitrogens with zero attached hydrogens (tertiary/aromatic N) is 1. The Balaban J connectivity index is 3.28. The van der Waals surface area contributed by atoms with Crippen LogP contribution in [0.4, 0.5) is 0 Å². The largest absolute Gasteiger partial charge is 0.478 e. The molecule has 0 aliphatic carbocycles. The van der Waals surface area contributed by atoms with Crippen LogP contribution >= 0.6 is 0 Å². The lowest BCUT2D eigenvalue weighted by Gasteiger charge is -2.32. The summed E-state index contributed by atoms with van der Waals surface area (Å²) in [5, 5.41) is 12.6. The first-order valence-corrected chi connectivity index (χ1v) is 6.97. The number of esters is 2. The number of carboxylic acid groups (broad SMARTS) is 1. The van der Waals surface area contributed by atoms with E-state index in [0.29, 0.717) is 0 Å². The molecule has 1 aliphatic rings. The SMILES string of the molecule is CC(=O)OCC(COC(C)=O)=C(C(=O)O)C1(N=O)CCOCC1. The van der Waals surface area contributed by atoms with Gasteiger partial charge in [0.15, 0.2) is 0 Å². The first-order valence-electron chi connectivity index (χ1n) is 6.97. The topological polar surface area (TPSA) is 129 Å². The van der Waals surface area contributed by atoms with Crippen molar-refractivity contribution in [1.82, 2.24) is 0 Å².